The van der Waals surface area contributed by atoms with Crippen molar-refractivity contribution in [3.05, 3.63) is 12.7 Å². The molecule has 9 nitrogen and oxygen atoms in total. The van der Waals surface area contributed by atoms with E-state index in [2.05, 4.69) is 26.8 Å². The molecule has 6 N–H and O–H groups in total. The average Bonchev–Trinajstić information content (AvgIpc) is 2.71. The molecule has 0 radical (unpaired) electrons. The highest BCUT2D eigenvalue weighted by Crippen LogP contribution is 2.34. The first kappa shape index (κ1) is 14.3. The Labute approximate surface area is 113 Å². The number of nitrogens with two attached hydrogens (primary N) is 2. The number of anilines is 1. The lowest BCUT2D eigenvalue weighted by atomic mass is 10.5. The van der Waals surface area contributed by atoms with Crippen LogP contribution >= 0.6 is 6.49 Å². The van der Waals surface area contributed by atoms with Crippen molar-refractivity contribution in [2.45, 2.75) is 12.8 Å². The zero-order valence-corrected chi connectivity index (χ0v) is 11.5. The minimum absolute atomic E-state index is 0.224. The third kappa shape index (κ3) is 3.66. The van der Waals surface area contributed by atoms with Crippen molar-refractivity contribution in [3.8, 4) is 0 Å². The second-order valence-electron chi connectivity index (χ2n) is 3.83. The summed E-state index contributed by atoms with van der Waals surface area (Å²) in [5.74, 6) is 0.277. The largest absolute Gasteiger partial charge is 0.382 e. The van der Waals surface area contributed by atoms with E-state index in [4.69, 9.17) is 26.0 Å². The molecule has 0 unspecified atom stereocenters. The van der Waals surface area contributed by atoms with Crippen molar-refractivity contribution in [2.75, 3.05) is 12.1 Å². The highest BCUT2D eigenvalue weighted by Gasteiger charge is 2.14. The molecule has 2 aromatic heterocycles. The molecule has 0 amide bonds. The fourth-order valence-corrected chi connectivity index (χ4v) is 2.04. The second kappa shape index (κ2) is 5.45. The average molecular weight is 304 g/mol. The van der Waals surface area contributed by atoms with Gasteiger partial charge in [0.15, 0.2) is 11.5 Å². The minimum Gasteiger partial charge on any atom is -0.382 e. The molecule has 1 atom stereocenters. The van der Waals surface area contributed by atoms with Crippen LogP contribution in [0.1, 0.15) is 0 Å². The number of aromatic nitrogens is 4. The van der Waals surface area contributed by atoms with Crippen LogP contribution in [0, 0.1) is 0 Å². The van der Waals surface area contributed by atoms with Gasteiger partial charge >= 0.3 is 0 Å². The molecule has 104 valence electrons. The van der Waals surface area contributed by atoms with Crippen LogP contribution in [0.4, 0.5) is 5.82 Å². The lowest BCUT2D eigenvalue weighted by Gasteiger charge is -2.15. The maximum Gasteiger partial charge on any atom is 0.209 e. The van der Waals surface area contributed by atoms with E-state index in [-0.39, 0.29) is 18.7 Å². The Morgan fingerprint density at radius 2 is 2.16 bits per heavy atom. The molecule has 11 heteroatoms. The van der Waals surface area contributed by atoms with Gasteiger partial charge < -0.3 is 30.6 Å². The summed E-state index contributed by atoms with van der Waals surface area (Å²) in [4.78, 5) is 30.0. The smallest absolute Gasteiger partial charge is 0.209 e. The predicted molar refractivity (Wildman–Crippen MR) is 72.4 cm³/mol. The van der Waals surface area contributed by atoms with Gasteiger partial charge in [0.05, 0.1) is 12.9 Å². The van der Waals surface area contributed by atoms with E-state index in [0.29, 0.717) is 11.2 Å². The number of nitrogens with zero attached hydrogens (tertiary/aromatic N) is 4. The number of rotatable bonds is 5. The molecule has 2 heterocycles. The van der Waals surface area contributed by atoms with Crippen LogP contribution in [-0.2, 0) is 23.1 Å². The van der Waals surface area contributed by atoms with E-state index >= 15 is 0 Å². The third-order valence-corrected chi connectivity index (χ3v) is 3.06. The summed E-state index contributed by atoms with van der Waals surface area (Å²) in [5, 5.41) is 0. The molecule has 0 spiro atoms. The Morgan fingerprint density at radius 3 is 2.84 bits per heavy atom. The van der Waals surface area contributed by atoms with Crippen molar-refractivity contribution in [3.63, 3.8) is 0 Å². The lowest BCUT2D eigenvalue weighted by molar-refractivity contribution is 0.0727. The number of fused-ring (bicyclic) bond motifs is 1. The number of imidazole rings is 1. The van der Waals surface area contributed by atoms with E-state index in [9.17, 15) is 0 Å². The first-order valence-corrected chi connectivity index (χ1v) is 8.09. The van der Waals surface area contributed by atoms with Crippen LogP contribution in [0.3, 0.4) is 0 Å². The maximum atomic E-state index is 9.05. The van der Waals surface area contributed by atoms with Crippen LogP contribution in [0.5, 0.6) is 0 Å². The summed E-state index contributed by atoms with van der Waals surface area (Å²) >= 11 is 4.43. The quantitative estimate of drug-likeness (QED) is 0.402. The van der Waals surface area contributed by atoms with E-state index in [0.717, 1.165) is 0 Å². The minimum atomic E-state index is -3.40. The Hall–Kier alpha value is -1.16. The van der Waals surface area contributed by atoms with Crippen LogP contribution in [0.25, 0.3) is 11.2 Å². The molecule has 2 aromatic rings. The third-order valence-electron chi connectivity index (χ3n) is 2.26. The molecule has 0 aromatic carbocycles. The fourth-order valence-electron chi connectivity index (χ4n) is 1.47. The molecule has 0 aliphatic rings. The van der Waals surface area contributed by atoms with Crippen molar-refractivity contribution in [1.29, 1.82) is 0 Å². The highest BCUT2D eigenvalue weighted by molar-refractivity contribution is 8.08. The highest BCUT2D eigenvalue weighted by atomic mass is 32.5. The summed E-state index contributed by atoms with van der Waals surface area (Å²) in [6.45, 7) is -3.18. The first-order valence-electron chi connectivity index (χ1n) is 5.20. The molecule has 0 aliphatic carbocycles. The molecule has 19 heavy (non-hydrogen) atoms. The molecular formula is C8H13N6O3PS. The van der Waals surface area contributed by atoms with Gasteiger partial charge in [0.25, 0.3) is 0 Å². The van der Waals surface area contributed by atoms with E-state index in [1.807, 2.05) is 0 Å². The van der Waals surface area contributed by atoms with Gasteiger partial charge in [0, 0.05) is 0 Å². The molecule has 2 rings (SSSR count). The zero-order valence-electron chi connectivity index (χ0n) is 9.75. The van der Waals surface area contributed by atoms with Crippen LogP contribution in [0.15, 0.2) is 12.7 Å². The molecule has 0 bridgehead atoms. The summed E-state index contributed by atoms with van der Waals surface area (Å²) in [7, 11) is 0. The SMILES string of the molecule is Nc1ncnc2c1ncn2C[C@@H](N)OCP(O)(O)=S. The van der Waals surface area contributed by atoms with E-state index in [1.165, 1.54) is 12.7 Å². The lowest BCUT2D eigenvalue weighted by Crippen LogP contribution is -2.29. The fraction of sp³-hybridized carbons (Fsp3) is 0.375. The van der Waals surface area contributed by atoms with E-state index in [1.54, 1.807) is 4.57 Å². The van der Waals surface area contributed by atoms with Gasteiger partial charge in [-0.25, -0.2) is 15.0 Å². The summed E-state index contributed by atoms with van der Waals surface area (Å²) < 4.78 is 6.69. The molecule has 0 saturated heterocycles. The van der Waals surface area contributed by atoms with Gasteiger partial charge in [-0.3, -0.25) is 0 Å². The van der Waals surface area contributed by atoms with Gasteiger partial charge in [-0.15, -0.1) is 0 Å². The Bertz CT molecular complexity index is 628. The molecule has 0 fully saturated rings. The topological polar surface area (TPSA) is 145 Å². The monoisotopic (exact) mass is 304 g/mol. The summed E-state index contributed by atoms with van der Waals surface area (Å²) in [6, 6.07) is 0. The Morgan fingerprint density at radius 1 is 1.42 bits per heavy atom. The normalized spacial score (nSPS) is 13.8. The van der Waals surface area contributed by atoms with Crippen LogP contribution in [-0.4, -0.2) is 41.9 Å². The summed E-state index contributed by atoms with van der Waals surface area (Å²) in [6.07, 6.45) is 1.69. The molecular weight excluding hydrogens is 291 g/mol. The number of nitrogen functional groups attached to an aromatic ring is 1. The van der Waals surface area contributed by atoms with Crippen molar-refractivity contribution < 1.29 is 14.5 Å². The predicted octanol–water partition coefficient (Wildman–Crippen LogP) is -1.04. The van der Waals surface area contributed by atoms with Gasteiger partial charge in [-0.05, 0) is 11.8 Å². The molecule has 0 aliphatic heterocycles. The van der Waals surface area contributed by atoms with Crippen molar-refractivity contribution >= 4 is 35.3 Å². The van der Waals surface area contributed by atoms with Gasteiger partial charge in [0.1, 0.15) is 24.4 Å². The Kier molecular flexibility index (Phi) is 4.09. The van der Waals surface area contributed by atoms with E-state index < -0.39 is 12.7 Å². The molecule has 0 saturated carbocycles. The van der Waals surface area contributed by atoms with Crippen LogP contribution < -0.4 is 11.5 Å². The standard InChI is InChI=1S/C8H13N6O3PS/c9-5(17-4-18(15,16)19)1-14-3-13-6-7(10)11-2-12-8(6)14/h2-3,5H,1,4,9H2,(H2,10,11,12)(H2,15,16,19)/t5-/m0/s1. The summed E-state index contributed by atoms with van der Waals surface area (Å²) in [5.41, 5.74) is 12.4. The van der Waals surface area contributed by atoms with Gasteiger partial charge in [-0.1, -0.05) is 0 Å². The zero-order chi connectivity index (χ0) is 14.0. The maximum absolute atomic E-state index is 9.05. The Balaban J connectivity index is 2.09. The van der Waals surface area contributed by atoms with Gasteiger partial charge in [0.2, 0.25) is 6.49 Å². The second-order valence-corrected chi connectivity index (χ2v) is 7.17. The van der Waals surface area contributed by atoms with Crippen molar-refractivity contribution in [2.24, 2.45) is 5.73 Å². The number of hydrogen-bond acceptors (Lipinski definition) is 7. The number of hydrogen-bond donors (Lipinski definition) is 4. The number of ether oxygens (including phenoxy) is 1. The van der Waals surface area contributed by atoms with Crippen molar-refractivity contribution in [1.82, 2.24) is 19.5 Å². The van der Waals surface area contributed by atoms with Crippen LogP contribution in [0.2, 0.25) is 0 Å². The van der Waals surface area contributed by atoms with Gasteiger partial charge in [-0.2, -0.15) is 0 Å². The first-order chi connectivity index (χ1) is 8.87.